The van der Waals surface area contributed by atoms with E-state index in [-0.39, 0.29) is 0 Å². The Bertz CT molecular complexity index is 260. The summed E-state index contributed by atoms with van der Waals surface area (Å²) in [5.41, 5.74) is 6.26. The molecule has 0 fully saturated rings. The van der Waals surface area contributed by atoms with Crippen molar-refractivity contribution in [2.45, 2.75) is 6.42 Å². The van der Waals surface area contributed by atoms with Gasteiger partial charge in [0.1, 0.15) is 5.82 Å². The Labute approximate surface area is 60.1 Å². The van der Waals surface area contributed by atoms with Crippen molar-refractivity contribution in [2.75, 3.05) is 5.73 Å². The number of nitrogen functional groups attached to an aromatic ring is 1. The highest BCUT2D eigenvalue weighted by Crippen LogP contribution is 1.99. The fourth-order valence-corrected chi connectivity index (χ4v) is 0.701. The van der Waals surface area contributed by atoms with Crippen LogP contribution in [0.3, 0.4) is 0 Å². The number of pyridine rings is 1. The van der Waals surface area contributed by atoms with Crippen molar-refractivity contribution in [1.29, 1.82) is 0 Å². The first-order chi connectivity index (χ1) is 4.83. The Morgan fingerprint density at radius 1 is 1.60 bits per heavy atom. The molecule has 10 heavy (non-hydrogen) atoms. The molecule has 1 heterocycles. The van der Waals surface area contributed by atoms with Gasteiger partial charge in [-0.15, -0.1) is 12.3 Å². The number of aromatic nitrogens is 1. The van der Waals surface area contributed by atoms with Crippen molar-refractivity contribution < 1.29 is 0 Å². The third kappa shape index (κ3) is 1.49. The van der Waals surface area contributed by atoms with Gasteiger partial charge >= 0.3 is 0 Å². The third-order valence-electron chi connectivity index (χ3n) is 1.11. The Balaban J connectivity index is 2.87. The number of hydrogen-bond donors (Lipinski definition) is 1. The van der Waals surface area contributed by atoms with E-state index in [4.69, 9.17) is 12.2 Å². The van der Waals surface area contributed by atoms with Crippen LogP contribution in [0.2, 0.25) is 0 Å². The lowest BCUT2D eigenvalue weighted by Gasteiger charge is -1.94. The normalized spacial score (nSPS) is 8.70. The predicted molar refractivity (Wildman–Crippen MR) is 41.2 cm³/mol. The van der Waals surface area contributed by atoms with Crippen molar-refractivity contribution in [3.63, 3.8) is 0 Å². The van der Waals surface area contributed by atoms with Crippen LogP contribution < -0.4 is 5.73 Å². The maximum atomic E-state index is 5.41. The lowest BCUT2D eigenvalue weighted by molar-refractivity contribution is 1.14. The summed E-state index contributed by atoms with van der Waals surface area (Å²) in [4.78, 5) is 4.00. The van der Waals surface area contributed by atoms with Crippen LogP contribution in [-0.4, -0.2) is 4.98 Å². The van der Waals surface area contributed by atoms with Gasteiger partial charge in [0, 0.05) is 0 Å². The summed E-state index contributed by atoms with van der Waals surface area (Å²) < 4.78 is 0. The molecule has 0 spiro atoms. The molecule has 0 bridgehead atoms. The summed E-state index contributed by atoms with van der Waals surface area (Å²) in [5.74, 6) is 3.01. The maximum absolute atomic E-state index is 5.41. The van der Waals surface area contributed by atoms with E-state index in [1.54, 1.807) is 6.07 Å². The standard InChI is InChI=1S/C8H8N2/c1-2-4-7-5-3-6-8(9)10-7/h1,3,5-6H,4H2,(H2,9,10). The highest BCUT2D eigenvalue weighted by atomic mass is 14.8. The molecular weight excluding hydrogens is 124 g/mol. The molecule has 0 amide bonds. The largest absolute Gasteiger partial charge is 0.384 e. The molecular formula is C8H8N2. The maximum Gasteiger partial charge on any atom is 0.123 e. The van der Waals surface area contributed by atoms with Gasteiger partial charge in [-0.1, -0.05) is 6.07 Å². The molecule has 0 aliphatic rings. The number of nitrogens with two attached hydrogens (primary N) is 1. The summed E-state index contributed by atoms with van der Waals surface area (Å²) in [6, 6.07) is 5.44. The fourth-order valence-electron chi connectivity index (χ4n) is 0.701. The minimum atomic E-state index is 0.521. The highest BCUT2D eigenvalue weighted by molar-refractivity contribution is 5.29. The van der Waals surface area contributed by atoms with E-state index in [0.717, 1.165) is 5.69 Å². The molecule has 1 aromatic rings. The SMILES string of the molecule is C#CCc1cccc(N)n1. The van der Waals surface area contributed by atoms with Gasteiger partial charge in [-0.25, -0.2) is 4.98 Å². The molecule has 1 rings (SSSR count). The fraction of sp³-hybridized carbons (Fsp3) is 0.125. The number of anilines is 1. The molecule has 0 aliphatic heterocycles. The molecule has 0 aromatic carbocycles. The second-order valence-electron chi connectivity index (χ2n) is 1.93. The summed E-state index contributed by atoms with van der Waals surface area (Å²) >= 11 is 0. The Kier molecular flexibility index (Phi) is 1.91. The Hall–Kier alpha value is -1.49. The lowest BCUT2D eigenvalue weighted by atomic mass is 10.3. The molecule has 0 atom stereocenters. The van der Waals surface area contributed by atoms with Crippen LogP contribution in [0.1, 0.15) is 5.69 Å². The molecule has 0 unspecified atom stereocenters. The first-order valence-corrected chi connectivity index (χ1v) is 2.98. The van der Waals surface area contributed by atoms with E-state index in [1.807, 2.05) is 12.1 Å². The molecule has 0 aliphatic carbocycles. The first-order valence-electron chi connectivity index (χ1n) is 2.98. The van der Waals surface area contributed by atoms with Crippen LogP contribution in [0.15, 0.2) is 18.2 Å². The van der Waals surface area contributed by atoms with Gasteiger partial charge in [-0.2, -0.15) is 0 Å². The summed E-state index contributed by atoms with van der Waals surface area (Å²) in [7, 11) is 0. The van der Waals surface area contributed by atoms with Crippen molar-refractivity contribution in [2.24, 2.45) is 0 Å². The molecule has 50 valence electrons. The van der Waals surface area contributed by atoms with Gasteiger partial charge in [-0.05, 0) is 12.1 Å². The van der Waals surface area contributed by atoms with Gasteiger partial charge in [-0.3, -0.25) is 0 Å². The zero-order chi connectivity index (χ0) is 7.40. The van der Waals surface area contributed by atoms with E-state index >= 15 is 0 Å². The lowest BCUT2D eigenvalue weighted by Crippen LogP contribution is -1.93. The van der Waals surface area contributed by atoms with Gasteiger partial charge in [0.25, 0.3) is 0 Å². The van der Waals surface area contributed by atoms with Crippen LogP contribution in [0, 0.1) is 12.3 Å². The van der Waals surface area contributed by atoms with Crippen molar-refractivity contribution >= 4 is 5.82 Å². The molecule has 2 nitrogen and oxygen atoms in total. The Morgan fingerprint density at radius 2 is 2.40 bits per heavy atom. The monoisotopic (exact) mass is 132 g/mol. The predicted octanol–water partition coefficient (Wildman–Crippen LogP) is 0.840. The molecule has 0 radical (unpaired) electrons. The molecule has 0 saturated heterocycles. The molecule has 2 N–H and O–H groups in total. The minimum absolute atomic E-state index is 0.521. The van der Waals surface area contributed by atoms with Crippen molar-refractivity contribution in [3.8, 4) is 12.3 Å². The zero-order valence-corrected chi connectivity index (χ0v) is 5.54. The van der Waals surface area contributed by atoms with Crippen molar-refractivity contribution in [3.05, 3.63) is 23.9 Å². The topological polar surface area (TPSA) is 38.9 Å². The quantitative estimate of drug-likeness (QED) is 0.575. The van der Waals surface area contributed by atoms with Gasteiger partial charge in [0.2, 0.25) is 0 Å². The van der Waals surface area contributed by atoms with Crippen LogP contribution >= 0.6 is 0 Å². The Morgan fingerprint density at radius 3 is 3.00 bits per heavy atom. The zero-order valence-electron chi connectivity index (χ0n) is 5.54. The summed E-state index contributed by atoms with van der Waals surface area (Å²) in [5, 5.41) is 0. The minimum Gasteiger partial charge on any atom is -0.384 e. The van der Waals surface area contributed by atoms with E-state index in [0.29, 0.717) is 12.2 Å². The first kappa shape index (κ1) is 6.63. The van der Waals surface area contributed by atoms with Gasteiger partial charge in [0.05, 0.1) is 12.1 Å². The molecule has 0 saturated carbocycles. The van der Waals surface area contributed by atoms with Gasteiger partial charge < -0.3 is 5.73 Å². The second-order valence-corrected chi connectivity index (χ2v) is 1.93. The average Bonchev–Trinajstić information content (AvgIpc) is 1.88. The number of hydrogen-bond acceptors (Lipinski definition) is 2. The van der Waals surface area contributed by atoms with E-state index in [9.17, 15) is 0 Å². The molecule has 2 heteroatoms. The molecule has 1 aromatic heterocycles. The van der Waals surface area contributed by atoms with Crippen LogP contribution in [-0.2, 0) is 6.42 Å². The summed E-state index contributed by atoms with van der Waals surface area (Å²) in [6.07, 6.45) is 5.63. The highest BCUT2D eigenvalue weighted by Gasteiger charge is 1.89. The number of terminal acetylenes is 1. The van der Waals surface area contributed by atoms with E-state index in [1.165, 1.54) is 0 Å². The van der Waals surface area contributed by atoms with E-state index < -0.39 is 0 Å². The second kappa shape index (κ2) is 2.88. The van der Waals surface area contributed by atoms with Crippen LogP contribution in [0.25, 0.3) is 0 Å². The van der Waals surface area contributed by atoms with Gasteiger partial charge in [0.15, 0.2) is 0 Å². The van der Waals surface area contributed by atoms with Crippen LogP contribution in [0.5, 0.6) is 0 Å². The van der Waals surface area contributed by atoms with E-state index in [2.05, 4.69) is 10.9 Å². The van der Waals surface area contributed by atoms with Crippen molar-refractivity contribution in [1.82, 2.24) is 4.98 Å². The summed E-state index contributed by atoms with van der Waals surface area (Å²) in [6.45, 7) is 0. The third-order valence-corrected chi connectivity index (χ3v) is 1.11. The smallest absolute Gasteiger partial charge is 0.123 e. The number of nitrogens with zero attached hydrogens (tertiary/aromatic N) is 1. The number of rotatable bonds is 1. The van der Waals surface area contributed by atoms with Crippen LogP contribution in [0.4, 0.5) is 5.82 Å². The average molecular weight is 132 g/mol.